The SMILES string of the molecule is NS(=O)(=O)c1cccnc1NC1CCOC2(CCCC2)C1. The summed E-state index contributed by atoms with van der Waals surface area (Å²) in [6.45, 7) is 0.704. The highest BCUT2D eigenvalue weighted by Gasteiger charge is 2.40. The van der Waals surface area contributed by atoms with Gasteiger partial charge in [0.1, 0.15) is 10.7 Å². The zero-order valence-corrected chi connectivity index (χ0v) is 12.7. The lowest BCUT2D eigenvalue weighted by atomic mass is 9.89. The van der Waals surface area contributed by atoms with E-state index in [1.54, 1.807) is 12.3 Å². The summed E-state index contributed by atoms with van der Waals surface area (Å²) in [7, 11) is -3.77. The summed E-state index contributed by atoms with van der Waals surface area (Å²) in [4.78, 5) is 4.20. The van der Waals surface area contributed by atoms with E-state index in [1.165, 1.54) is 18.9 Å². The molecule has 3 N–H and O–H groups in total. The predicted octanol–water partition coefficient (Wildman–Crippen LogP) is 1.63. The lowest BCUT2D eigenvalue weighted by Gasteiger charge is -2.38. The van der Waals surface area contributed by atoms with Crippen LogP contribution < -0.4 is 10.5 Å². The Labute approximate surface area is 125 Å². The summed E-state index contributed by atoms with van der Waals surface area (Å²) in [6, 6.07) is 3.23. The van der Waals surface area contributed by atoms with Crippen molar-refractivity contribution in [3.63, 3.8) is 0 Å². The highest BCUT2D eigenvalue weighted by atomic mass is 32.2. The van der Waals surface area contributed by atoms with Gasteiger partial charge in [-0.1, -0.05) is 12.8 Å². The number of hydrogen-bond acceptors (Lipinski definition) is 5. The third-order valence-electron chi connectivity index (χ3n) is 4.43. The monoisotopic (exact) mass is 311 g/mol. The largest absolute Gasteiger partial charge is 0.375 e. The fraction of sp³-hybridized carbons (Fsp3) is 0.643. The Balaban J connectivity index is 1.78. The lowest BCUT2D eigenvalue weighted by Crippen LogP contribution is -2.42. The lowest BCUT2D eigenvalue weighted by molar-refractivity contribution is -0.0767. The Morgan fingerprint density at radius 2 is 2.14 bits per heavy atom. The second-order valence-electron chi connectivity index (χ2n) is 5.97. The fourth-order valence-electron chi connectivity index (χ4n) is 3.44. The molecule has 6 nitrogen and oxygen atoms in total. The van der Waals surface area contributed by atoms with Crippen molar-refractivity contribution in [3.8, 4) is 0 Å². The fourth-order valence-corrected chi connectivity index (χ4v) is 4.09. The predicted molar refractivity (Wildman–Crippen MR) is 79.4 cm³/mol. The molecule has 2 heterocycles. The van der Waals surface area contributed by atoms with Crippen molar-refractivity contribution in [1.29, 1.82) is 0 Å². The molecule has 1 aliphatic heterocycles. The smallest absolute Gasteiger partial charge is 0.241 e. The zero-order chi connectivity index (χ0) is 14.9. The van der Waals surface area contributed by atoms with Crippen molar-refractivity contribution in [2.24, 2.45) is 5.14 Å². The average Bonchev–Trinajstić information content (AvgIpc) is 2.86. The maximum Gasteiger partial charge on any atom is 0.241 e. The van der Waals surface area contributed by atoms with Gasteiger partial charge in [0, 0.05) is 18.8 Å². The maximum absolute atomic E-state index is 11.6. The molecule has 1 aliphatic carbocycles. The molecule has 21 heavy (non-hydrogen) atoms. The van der Waals surface area contributed by atoms with E-state index >= 15 is 0 Å². The Kier molecular flexibility index (Phi) is 3.90. The summed E-state index contributed by atoms with van der Waals surface area (Å²) < 4.78 is 29.2. The first-order valence-electron chi connectivity index (χ1n) is 7.37. The van der Waals surface area contributed by atoms with Crippen LogP contribution in [0.3, 0.4) is 0 Å². The topological polar surface area (TPSA) is 94.3 Å². The van der Waals surface area contributed by atoms with Crippen LogP contribution in [0.25, 0.3) is 0 Å². The van der Waals surface area contributed by atoms with Gasteiger partial charge in [-0.25, -0.2) is 18.5 Å². The molecule has 1 unspecified atom stereocenters. The summed E-state index contributed by atoms with van der Waals surface area (Å²) in [5.41, 5.74) is -0.0214. The second kappa shape index (κ2) is 5.55. The van der Waals surface area contributed by atoms with E-state index in [4.69, 9.17) is 9.88 Å². The summed E-state index contributed by atoms with van der Waals surface area (Å²) >= 11 is 0. The molecule has 2 aliphatic rings. The number of sulfonamides is 1. The van der Waals surface area contributed by atoms with Gasteiger partial charge in [-0.15, -0.1) is 0 Å². The maximum atomic E-state index is 11.6. The van der Waals surface area contributed by atoms with E-state index in [1.807, 2.05) is 0 Å². The van der Waals surface area contributed by atoms with E-state index in [0.29, 0.717) is 12.4 Å². The molecular formula is C14H21N3O3S. The van der Waals surface area contributed by atoms with Crippen LogP contribution in [0, 0.1) is 0 Å². The first-order chi connectivity index (χ1) is 9.99. The van der Waals surface area contributed by atoms with Crippen molar-refractivity contribution in [3.05, 3.63) is 18.3 Å². The molecule has 2 fully saturated rings. The summed E-state index contributed by atoms with van der Waals surface area (Å²) in [5.74, 6) is 0.347. The number of nitrogens with one attached hydrogen (secondary N) is 1. The Hall–Kier alpha value is -1.18. The van der Waals surface area contributed by atoms with Gasteiger partial charge in [0.25, 0.3) is 0 Å². The molecule has 1 saturated heterocycles. The molecule has 7 heteroatoms. The average molecular weight is 311 g/mol. The summed E-state index contributed by atoms with van der Waals surface area (Å²) in [5, 5.41) is 8.50. The minimum absolute atomic E-state index is 0.0214. The molecule has 1 aromatic rings. The molecule has 0 bridgehead atoms. The van der Waals surface area contributed by atoms with Gasteiger partial charge < -0.3 is 10.1 Å². The third kappa shape index (κ3) is 3.20. The van der Waals surface area contributed by atoms with Gasteiger partial charge in [0.15, 0.2) is 0 Å². The first kappa shape index (κ1) is 14.7. The van der Waals surface area contributed by atoms with Crippen LogP contribution in [-0.2, 0) is 14.8 Å². The molecule has 0 amide bonds. The Morgan fingerprint density at radius 3 is 2.86 bits per heavy atom. The number of primary sulfonamides is 1. The van der Waals surface area contributed by atoms with E-state index in [0.717, 1.165) is 25.7 Å². The number of anilines is 1. The summed E-state index contributed by atoms with van der Waals surface area (Å²) in [6.07, 6.45) is 7.92. The van der Waals surface area contributed by atoms with E-state index in [9.17, 15) is 8.42 Å². The standard InChI is InChI=1S/C14H21N3O3S/c15-21(18,19)12-4-3-8-16-13(12)17-11-5-9-20-14(10-11)6-1-2-7-14/h3-4,8,11H,1-2,5-7,9-10H2,(H,16,17)(H2,15,18,19). The molecule has 1 aromatic heterocycles. The highest BCUT2D eigenvalue weighted by Crippen LogP contribution is 2.40. The van der Waals surface area contributed by atoms with E-state index < -0.39 is 10.0 Å². The molecule has 1 spiro atoms. The Morgan fingerprint density at radius 1 is 1.38 bits per heavy atom. The molecule has 0 radical (unpaired) electrons. The minimum atomic E-state index is -3.77. The number of aromatic nitrogens is 1. The van der Waals surface area contributed by atoms with Crippen LogP contribution in [-0.4, -0.2) is 31.7 Å². The van der Waals surface area contributed by atoms with Crippen molar-refractivity contribution < 1.29 is 13.2 Å². The van der Waals surface area contributed by atoms with Crippen LogP contribution in [0.2, 0.25) is 0 Å². The molecule has 3 rings (SSSR count). The van der Waals surface area contributed by atoms with Crippen molar-refractivity contribution >= 4 is 15.8 Å². The van der Waals surface area contributed by atoms with Crippen LogP contribution >= 0.6 is 0 Å². The molecule has 0 aromatic carbocycles. The van der Waals surface area contributed by atoms with Crippen molar-refractivity contribution in [2.75, 3.05) is 11.9 Å². The first-order valence-corrected chi connectivity index (χ1v) is 8.92. The number of hydrogen-bond donors (Lipinski definition) is 2. The van der Waals surface area contributed by atoms with Crippen molar-refractivity contribution in [1.82, 2.24) is 4.98 Å². The number of ether oxygens (including phenoxy) is 1. The van der Waals surface area contributed by atoms with Gasteiger partial charge in [-0.05, 0) is 37.8 Å². The van der Waals surface area contributed by atoms with Crippen LogP contribution in [0.5, 0.6) is 0 Å². The van der Waals surface area contributed by atoms with Crippen LogP contribution in [0.4, 0.5) is 5.82 Å². The Bertz CT molecular complexity index is 612. The molecule has 116 valence electrons. The minimum Gasteiger partial charge on any atom is -0.375 e. The zero-order valence-electron chi connectivity index (χ0n) is 11.9. The molecule has 1 saturated carbocycles. The number of nitrogens with zero attached hydrogens (tertiary/aromatic N) is 1. The molecule has 1 atom stereocenters. The second-order valence-corrected chi connectivity index (χ2v) is 7.50. The van der Waals surface area contributed by atoms with Gasteiger partial charge >= 0.3 is 0 Å². The molecular weight excluding hydrogens is 290 g/mol. The third-order valence-corrected chi connectivity index (χ3v) is 5.37. The van der Waals surface area contributed by atoms with Gasteiger partial charge in [0.2, 0.25) is 10.0 Å². The number of pyridine rings is 1. The van der Waals surface area contributed by atoms with Crippen LogP contribution in [0.15, 0.2) is 23.2 Å². The normalized spacial score (nSPS) is 25.1. The van der Waals surface area contributed by atoms with Crippen LogP contribution in [0.1, 0.15) is 38.5 Å². The van der Waals surface area contributed by atoms with E-state index in [2.05, 4.69) is 10.3 Å². The highest BCUT2D eigenvalue weighted by molar-refractivity contribution is 7.89. The van der Waals surface area contributed by atoms with Gasteiger partial charge in [-0.3, -0.25) is 0 Å². The van der Waals surface area contributed by atoms with Gasteiger partial charge in [-0.2, -0.15) is 0 Å². The van der Waals surface area contributed by atoms with Crippen molar-refractivity contribution in [2.45, 2.75) is 55.1 Å². The number of rotatable bonds is 3. The van der Waals surface area contributed by atoms with Gasteiger partial charge in [0.05, 0.1) is 5.60 Å². The van der Waals surface area contributed by atoms with E-state index in [-0.39, 0.29) is 16.5 Å². The quantitative estimate of drug-likeness (QED) is 0.885. The number of nitrogens with two attached hydrogens (primary N) is 1.